The van der Waals surface area contributed by atoms with Crippen molar-refractivity contribution >= 4 is 36.4 Å². The van der Waals surface area contributed by atoms with Crippen molar-refractivity contribution in [2.75, 3.05) is 6.26 Å². The van der Waals surface area contributed by atoms with Crippen molar-refractivity contribution in [2.24, 2.45) is 5.11 Å². The van der Waals surface area contributed by atoms with Crippen LogP contribution in [0, 0.1) is 0 Å². The number of esters is 1. The summed E-state index contributed by atoms with van der Waals surface area (Å²) in [6, 6.07) is 27.5. The molecule has 204 valence electrons. The molecule has 0 spiro atoms. The highest BCUT2D eigenvalue weighted by molar-refractivity contribution is 7.99. The molecule has 39 heavy (non-hydrogen) atoms. The maximum Gasteiger partial charge on any atom is 0.338 e. The minimum atomic E-state index is -3.16. The molecule has 0 aliphatic carbocycles. The summed E-state index contributed by atoms with van der Waals surface area (Å²) in [5.74, 6) is -0.637. The SMILES string of the molecule is CS[C@@H]1OC(O[Si](c2ccccc2)(c2ccccc2)C(C)(C)C)[C@H](OC(=O)c2ccccc2)[C@H](O)[C@@H]1N=[N+]=[N-]. The van der Waals surface area contributed by atoms with Crippen LogP contribution in [0.1, 0.15) is 31.1 Å². The second-order valence-corrected chi connectivity index (χ2v) is 15.5. The van der Waals surface area contributed by atoms with Gasteiger partial charge in [0.25, 0.3) is 8.32 Å². The molecule has 1 saturated heterocycles. The molecule has 0 saturated carbocycles. The van der Waals surface area contributed by atoms with Gasteiger partial charge in [-0.1, -0.05) is 105 Å². The van der Waals surface area contributed by atoms with Crippen LogP contribution in [0.25, 0.3) is 10.4 Å². The second kappa shape index (κ2) is 12.4. The van der Waals surface area contributed by atoms with Crippen molar-refractivity contribution in [3.63, 3.8) is 0 Å². The first-order chi connectivity index (χ1) is 18.7. The molecule has 1 fully saturated rings. The molecule has 1 aliphatic rings. The molecule has 0 radical (unpaired) electrons. The summed E-state index contributed by atoms with van der Waals surface area (Å²) >= 11 is 1.29. The van der Waals surface area contributed by atoms with Crippen molar-refractivity contribution in [2.45, 2.75) is 55.8 Å². The van der Waals surface area contributed by atoms with Crippen LogP contribution in [0.4, 0.5) is 0 Å². The third-order valence-electron chi connectivity index (χ3n) is 6.88. The van der Waals surface area contributed by atoms with Crippen molar-refractivity contribution < 1.29 is 23.8 Å². The average Bonchev–Trinajstić information content (AvgIpc) is 2.95. The molecular weight excluding hydrogens is 530 g/mol. The molecule has 1 heterocycles. The molecule has 3 aromatic rings. The van der Waals surface area contributed by atoms with Crippen molar-refractivity contribution in [1.82, 2.24) is 0 Å². The average molecular weight is 564 g/mol. The Labute approximate surface area is 234 Å². The fourth-order valence-electron chi connectivity index (χ4n) is 5.04. The Balaban J connectivity index is 1.85. The largest absolute Gasteiger partial charge is 0.451 e. The number of hydrogen-bond acceptors (Lipinski definition) is 7. The number of nitrogens with zero attached hydrogens (tertiary/aromatic N) is 3. The van der Waals surface area contributed by atoms with Gasteiger partial charge in [-0.3, -0.25) is 0 Å². The van der Waals surface area contributed by atoms with Crippen LogP contribution in [0.15, 0.2) is 96.1 Å². The van der Waals surface area contributed by atoms with E-state index in [0.29, 0.717) is 5.56 Å². The van der Waals surface area contributed by atoms with E-state index in [1.54, 1.807) is 36.6 Å². The van der Waals surface area contributed by atoms with Gasteiger partial charge in [0, 0.05) is 4.91 Å². The summed E-state index contributed by atoms with van der Waals surface area (Å²) in [7, 11) is -3.16. The van der Waals surface area contributed by atoms with E-state index in [-0.39, 0.29) is 0 Å². The maximum atomic E-state index is 13.2. The van der Waals surface area contributed by atoms with Crippen LogP contribution in [0.3, 0.4) is 0 Å². The van der Waals surface area contributed by atoms with Gasteiger partial charge in [0.1, 0.15) is 17.6 Å². The van der Waals surface area contributed by atoms with Crippen LogP contribution in [-0.2, 0) is 13.9 Å². The predicted octanol–water partition coefficient (Wildman–Crippen LogP) is 4.87. The highest BCUT2D eigenvalue weighted by Gasteiger charge is 2.56. The molecular formula is C29H33N3O5SSi. The number of aliphatic hydroxyl groups excluding tert-OH is 1. The first kappa shape index (κ1) is 28.9. The first-order valence-electron chi connectivity index (χ1n) is 12.7. The normalized spacial score (nSPS) is 23.5. The fourth-order valence-corrected chi connectivity index (χ4v) is 10.3. The van der Waals surface area contributed by atoms with Crippen LogP contribution < -0.4 is 10.4 Å². The fraction of sp³-hybridized carbons (Fsp3) is 0.345. The van der Waals surface area contributed by atoms with Gasteiger partial charge in [-0.05, 0) is 39.3 Å². The van der Waals surface area contributed by atoms with E-state index in [0.717, 1.165) is 10.4 Å². The van der Waals surface area contributed by atoms with Crippen LogP contribution >= 0.6 is 11.8 Å². The molecule has 10 heteroatoms. The number of carbonyl (C=O) groups is 1. The molecule has 0 aromatic heterocycles. The van der Waals surface area contributed by atoms with E-state index >= 15 is 0 Å². The summed E-state index contributed by atoms with van der Waals surface area (Å²) in [5, 5.41) is 16.9. The minimum absolute atomic E-state index is 0.321. The Morgan fingerprint density at radius 3 is 1.95 bits per heavy atom. The van der Waals surface area contributed by atoms with E-state index in [9.17, 15) is 15.4 Å². The Hall–Kier alpha value is -3.11. The molecule has 1 unspecified atom stereocenters. The van der Waals surface area contributed by atoms with Crippen molar-refractivity contribution in [3.8, 4) is 0 Å². The number of hydrogen-bond donors (Lipinski definition) is 1. The third kappa shape index (κ3) is 5.91. The zero-order valence-electron chi connectivity index (χ0n) is 22.4. The predicted molar refractivity (Wildman–Crippen MR) is 155 cm³/mol. The zero-order chi connectivity index (χ0) is 28.0. The number of thioether (sulfide) groups is 1. The van der Waals surface area contributed by atoms with E-state index in [1.165, 1.54) is 11.8 Å². The molecule has 1 aliphatic heterocycles. The van der Waals surface area contributed by atoms with E-state index in [2.05, 4.69) is 30.8 Å². The molecule has 8 nitrogen and oxygen atoms in total. The lowest BCUT2D eigenvalue weighted by Gasteiger charge is -2.49. The number of azide groups is 1. The summed E-state index contributed by atoms with van der Waals surface area (Å²) in [5.41, 5.74) is 8.81. The summed E-state index contributed by atoms with van der Waals surface area (Å²) in [6.07, 6.45) is -1.95. The van der Waals surface area contributed by atoms with Gasteiger partial charge in [0.15, 0.2) is 12.4 Å². The lowest BCUT2D eigenvalue weighted by molar-refractivity contribution is -0.226. The van der Waals surface area contributed by atoms with E-state index < -0.39 is 49.3 Å². The molecule has 5 atom stereocenters. The smallest absolute Gasteiger partial charge is 0.338 e. The minimum Gasteiger partial charge on any atom is -0.451 e. The summed E-state index contributed by atoms with van der Waals surface area (Å²) in [4.78, 5) is 16.1. The topological polar surface area (TPSA) is 114 Å². The highest BCUT2D eigenvalue weighted by atomic mass is 32.2. The molecule has 4 rings (SSSR count). The standard InChI is InChI=1S/C29H33N3O5SSi/c1-29(2,3)39(21-16-10-6-11-17-21,22-18-12-7-13-19-22)37-27-25(35-26(34)20-14-8-5-9-15-20)24(33)23(31-32-30)28(36-27)38-4/h5-19,23-25,27-28,33H,1-4H3/t23-,24+,25+,27?,28-/m0/s1. The number of rotatable bonds is 8. The Bertz CT molecular complexity index is 1250. The molecule has 0 amide bonds. The van der Waals surface area contributed by atoms with Crippen LogP contribution in [0.2, 0.25) is 5.04 Å². The monoisotopic (exact) mass is 563 g/mol. The quantitative estimate of drug-likeness (QED) is 0.137. The Morgan fingerprint density at radius 1 is 0.974 bits per heavy atom. The lowest BCUT2D eigenvalue weighted by Crippen LogP contribution is -2.71. The summed E-state index contributed by atoms with van der Waals surface area (Å²) in [6.45, 7) is 6.37. The van der Waals surface area contributed by atoms with Gasteiger partial charge in [-0.15, -0.1) is 11.8 Å². The van der Waals surface area contributed by atoms with Crippen molar-refractivity contribution in [1.29, 1.82) is 0 Å². The number of carbonyl (C=O) groups excluding carboxylic acids is 1. The number of aliphatic hydroxyl groups is 1. The molecule has 3 aromatic carbocycles. The Kier molecular flexibility index (Phi) is 9.17. The maximum absolute atomic E-state index is 13.2. The number of benzene rings is 3. The number of ether oxygens (including phenoxy) is 2. The summed E-state index contributed by atoms with van der Waals surface area (Å²) < 4.78 is 19.4. The highest BCUT2D eigenvalue weighted by Crippen LogP contribution is 2.41. The Morgan fingerprint density at radius 2 is 1.49 bits per heavy atom. The van der Waals surface area contributed by atoms with Gasteiger partial charge >= 0.3 is 5.97 Å². The van der Waals surface area contributed by atoms with Gasteiger partial charge in [-0.25, -0.2) is 4.79 Å². The lowest BCUT2D eigenvalue weighted by atomic mass is 10.0. The van der Waals surface area contributed by atoms with Gasteiger partial charge in [-0.2, -0.15) is 0 Å². The second-order valence-electron chi connectivity index (χ2n) is 10.3. The van der Waals surface area contributed by atoms with Crippen LogP contribution in [0.5, 0.6) is 0 Å². The van der Waals surface area contributed by atoms with Gasteiger partial charge < -0.3 is 19.0 Å². The molecule has 1 N–H and O–H groups in total. The van der Waals surface area contributed by atoms with E-state index in [1.807, 2.05) is 60.7 Å². The van der Waals surface area contributed by atoms with Gasteiger partial charge in [0.2, 0.25) is 0 Å². The van der Waals surface area contributed by atoms with E-state index in [4.69, 9.17) is 13.9 Å². The van der Waals surface area contributed by atoms with Crippen LogP contribution in [-0.4, -0.2) is 55.6 Å². The third-order valence-corrected chi connectivity index (χ3v) is 12.7. The van der Waals surface area contributed by atoms with Crippen molar-refractivity contribution in [3.05, 3.63) is 107 Å². The van der Waals surface area contributed by atoms with Gasteiger partial charge in [0.05, 0.1) is 5.56 Å². The first-order valence-corrected chi connectivity index (χ1v) is 15.9. The zero-order valence-corrected chi connectivity index (χ0v) is 24.2. The molecule has 0 bridgehead atoms.